The van der Waals surface area contributed by atoms with Crippen LogP contribution in [-0.2, 0) is 4.74 Å². The number of nitrogens with zero attached hydrogens (tertiary/aromatic N) is 1. The summed E-state index contributed by atoms with van der Waals surface area (Å²) in [6.45, 7) is 3.13. The van der Waals surface area contributed by atoms with Crippen molar-refractivity contribution in [1.29, 1.82) is 0 Å². The van der Waals surface area contributed by atoms with Gasteiger partial charge in [-0.25, -0.2) is 0 Å². The molecule has 3 rings (SSSR count). The molecule has 1 aromatic rings. The monoisotopic (exact) mass is 333 g/mol. The summed E-state index contributed by atoms with van der Waals surface area (Å²) in [4.78, 5) is 4.54. The van der Waals surface area contributed by atoms with Crippen molar-refractivity contribution in [2.75, 3.05) is 20.2 Å². The molecule has 6 heteroatoms. The predicted molar refractivity (Wildman–Crippen MR) is 93.4 cm³/mol. The number of ether oxygens (including phenoxy) is 2. The maximum Gasteiger partial charge on any atom is 0.191 e. The fourth-order valence-corrected chi connectivity index (χ4v) is 3.39. The van der Waals surface area contributed by atoms with Crippen molar-refractivity contribution in [1.82, 2.24) is 10.6 Å². The number of benzene rings is 1. The van der Waals surface area contributed by atoms with Crippen molar-refractivity contribution in [2.45, 2.75) is 50.5 Å². The van der Waals surface area contributed by atoms with E-state index in [1.165, 1.54) is 6.42 Å². The summed E-state index contributed by atoms with van der Waals surface area (Å²) in [6.07, 6.45) is 3.40. The number of guanidine groups is 1. The molecule has 0 saturated carbocycles. The predicted octanol–water partition coefficient (Wildman–Crippen LogP) is 1.60. The highest BCUT2D eigenvalue weighted by Crippen LogP contribution is 2.34. The van der Waals surface area contributed by atoms with Gasteiger partial charge in [-0.1, -0.05) is 12.1 Å². The van der Waals surface area contributed by atoms with E-state index in [1.54, 1.807) is 7.11 Å². The zero-order valence-electron chi connectivity index (χ0n) is 14.4. The van der Waals surface area contributed by atoms with Crippen LogP contribution in [0.5, 0.6) is 5.75 Å². The smallest absolute Gasteiger partial charge is 0.191 e. The normalized spacial score (nSPS) is 27.1. The van der Waals surface area contributed by atoms with E-state index < -0.39 is 6.10 Å². The molecule has 2 saturated heterocycles. The second-order valence-electron chi connectivity index (χ2n) is 6.37. The van der Waals surface area contributed by atoms with Crippen LogP contribution in [0.2, 0.25) is 0 Å². The van der Waals surface area contributed by atoms with Crippen molar-refractivity contribution in [3.63, 3.8) is 0 Å². The number of aliphatic hydroxyl groups excluding tert-OH is 1. The zero-order valence-corrected chi connectivity index (χ0v) is 14.4. The average molecular weight is 333 g/mol. The summed E-state index contributed by atoms with van der Waals surface area (Å²) in [7, 11) is 1.63. The van der Waals surface area contributed by atoms with Gasteiger partial charge in [0.05, 0.1) is 38.0 Å². The molecule has 6 nitrogen and oxygen atoms in total. The molecule has 3 N–H and O–H groups in total. The molecule has 4 unspecified atom stereocenters. The number of rotatable bonds is 6. The van der Waals surface area contributed by atoms with Gasteiger partial charge >= 0.3 is 0 Å². The fourth-order valence-electron chi connectivity index (χ4n) is 3.39. The van der Waals surface area contributed by atoms with E-state index in [-0.39, 0.29) is 0 Å². The van der Waals surface area contributed by atoms with Gasteiger partial charge in [-0.3, -0.25) is 4.99 Å². The minimum Gasteiger partial charge on any atom is -0.497 e. The third kappa shape index (κ3) is 3.99. The van der Waals surface area contributed by atoms with Gasteiger partial charge < -0.3 is 25.2 Å². The van der Waals surface area contributed by atoms with Crippen molar-refractivity contribution in [3.8, 4) is 5.75 Å². The van der Waals surface area contributed by atoms with E-state index in [0.717, 1.165) is 36.7 Å². The molecule has 2 bridgehead atoms. The minimum absolute atomic E-state index is 0.297. The topological polar surface area (TPSA) is 75.1 Å². The molecule has 0 spiro atoms. The van der Waals surface area contributed by atoms with Gasteiger partial charge in [-0.05, 0) is 43.9 Å². The van der Waals surface area contributed by atoms with Crippen LogP contribution in [0.3, 0.4) is 0 Å². The lowest BCUT2D eigenvalue weighted by Gasteiger charge is -2.23. The molecule has 0 radical (unpaired) electrons. The number of aliphatic imine (C=N–C) groups is 1. The molecular weight excluding hydrogens is 306 g/mol. The van der Waals surface area contributed by atoms with E-state index in [9.17, 15) is 5.11 Å². The van der Waals surface area contributed by atoms with Gasteiger partial charge in [0.25, 0.3) is 0 Å². The quantitative estimate of drug-likeness (QED) is 0.545. The van der Waals surface area contributed by atoms with E-state index in [1.807, 2.05) is 31.2 Å². The first-order valence-electron chi connectivity index (χ1n) is 8.72. The Hall–Kier alpha value is -1.79. The first-order chi connectivity index (χ1) is 11.7. The van der Waals surface area contributed by atoms with Gasteiger partial charge in [-0.2, -0.15) is 0 Å². The Kier molecular flexibility index (Phi) is 5.58. The fraction of sp³-hybridized carbons (Fsp3) is 0.611. The van der Waals surface area contributed by atoms with Crippen LogP contribution in [0.25, 0.3) is 0 Å². The highest BCUT2D eigenvalue weighted by Gasteiger charge is 2.41. The van der Waals surface area contributed by atoms with E-state index >= 15 is 0 Å². The molecule has 24 heavy (non-hydrogen) atoms. The van der Waals surface area contributed by atoms with E-state index in [2.05, 4.69) is 15.6 Å². The van der Waals surface area contributed by atoms with Gasteiger partial charge in [-0.15, -0.1) is 0 Å². The molecule has 1 aromatic carbocycles. The third-order valence-electron chi connectivity index (χ3n) is 4.70. The van der Waals surface area contributed by atoms with Gasteiger partial charge in [0.2, 0.25) is 0 Å². The molecule has 0 amide bonds. The summed E-state index contributed by atoms with van der Waals surface area (Å²) >= 11 is 0. The summed E-state index contributed by atoms with van der Waals surface area (Å²) in [5, 5.41) is 17.0. The van der Waals surface area contributed by atoms with Gasteiger partial charge in [0.15, 0.2) is 5.96 Å². The molecule has 4 atom stereocenters. The zero-order chi connectivity index (χ0) is 16.9. The van der Waals surface area contributed by atoms with Crippen molar-refractivity contribution >= 4 is 5.96 Å². The number of fused-ring (bicyclic) bond motifs is 2. The summed E-state index contributed by atoms with van der Waals surface area (Å²) in [5.41, 5.74) is 0.832. The first kappa shape index (κ1) is 17.0. The van der Waals surface area contributed by atoms with Crippen molar-refractivity contribution in [3.05, 3.63) is 29.8 Å². The van der Waals surface area contributed by atoms with Crippen molar-refractivity contribution in [2.24, 2.45) is 4.99 Å². The molecule has 2 heterocycles. The lowest BCUT2D eigenvalue weighted by atomic mass is 9.96. The number of aliphatic hydroxyl groups is 1. The van der Waals surface area contributed by atoms with Crippen LogP contribution in [0.15, 0.2) is 29.3 Å². The minimum atomic E-state index is -0.636. The molecule has 2 fully saturated rings. The summed E-state index contributed by atoms with van der Waals surface area (Å²) in [5.74, 6) is 1.52. The molecule has 2 aliphatic rings. The van der Waals surface area contributed by atoms with E-state index in [0.29, 0.717) is 24.8 Å². The Labute approximate surface area is 143 Å². The Morgan fingerprint density at radius 3 is 2.75 bits per heavy atom. The number of methoxy groups -OCH3 is 1. The standard InChI is InChI=1S/C18H27N3O3/c1-3-19-18(21-15-10-14-8-9-17(15)24-14)20-11-16(22)12-4-6-13(23-2)7-5-12/h4-7,14-17,22H,3,8-11H2,1-2H3,(H2,19,20,21). The third-order valence-corrected chi connectivity index (χ3v) is 4.70. The Morgan fingerprint density at radius 2 is 2.17 bits per heavy atom. The first-order valence-corrected chi connectivity index (χ1v) is 8.72. The van der Waals surface area contributed by atoms with Gasteiger partial charge in [0, 0.05) is 6.54 Å². The maximum absolute atomic E-state index is 10.3. The average Bonchev–Trinajstić information content (AvgIpc) is 3.22. The second-order valence-corrected chi connectivity index (χ2v) is 6.37. The van der Waals surface area contributed by atoms with Crippen molar-refractivity contribution < 1.29 is 14.6 Å². The highest BCUT2D eigenvalue weighted by atomic mass is 16.5. The van der Waals surface area contributed by atoms with Crippen LogP contribution in [-0.4, -0.2) is 49.5 Å². The molecule has 0 aliphatic carbocycles. The summed E-state index contributed by atoms with van der Waals surface area (Å²) < 4.78 is 11.0. The SMILES string of the molecule is CCNC(=NCC(O)c1ccc(OC)cc1)NC1CC2CCC1O2. The molecule has 2 aliphatic heterocycles. The lowest BCUT2D eigenvalue weighted by molar-refractivity contribution is 0.0992. The Bertz CT molecular complexity index is 561. The second kappa shape index (κ2) is 7.85. The molecular formula is C18H27N3O3. The lowest BCUT2D eigenvalue weighted by Crippen LogP contribution is -2.47. The van der Waals surface area contributed by atoms with Crippen LogP contribution in [0.4, 0.5) is 0 Å². The largest absolute Gasteiger partial charge is 0.497 e. The van der Waals surface area contributed by atoms with Crippen LogP contribution in [0, 0.1) is 0 Å². The Morgan fingerprint density at radius 1 is 1.38 bits per heavy atom. The van der Waals surface area contributed by atoms with Crippen LogP contribution in [0.1, 0.15) is 37.9 Å². The van der Waals surface area contributed by atoms with E-state index in [4.69, 9.17) is 9.47 Å². The van der Waals surface area contributed by atoms with Crippen LogP contribution >= 0.6 is 0 Å². The summed E-state index contributed by atoms with van der Waals surface area (Å²) in [6, 6.07) is 7.74. The molecule has 0 aromatic heterocycles. The molecule has 132 valence electrons. The highest BCUT2D eigenvalue weighted by molar-refractivity contribution is 5.80. The maximum atomic E-state index is 10.3. The van der Waals surface area contributed by atoms with Crippen LogP contribution < -0.4 is 15.4 Å². The number of hydrogen-bond acceptors (Lipinski definition) is 4. The van der Waals surface area contributed by atoms with Gasteiger partial charge in [0.1, 0.15) is 5.75 Å². The number of hydrogen-bond donors (Lipinski definition) is 3. The number of nitrogens with one attached hydrogen (secondary N) is 2. The Balaban J connectivity index is 1.58.